The average molecular weight is 469 g/mol. The number of hydrogen-bond donors (Lipinski definition) is 2. The van der Waals surface area contributed by atoms with Crippen molar-refractivity contribution in [1.29, 1.82) is 0 Å². The Labute approximate surface area is 174 Å². The molecule has 0 saturated carbocycles. The number of nitrogens with zero attached hydrogens (tertiary/aromatic N) is 3. The number of guanidine groups is 1. The first kappa shape index (κ1) is 21.0. The standard InChI is InChI=1S/C20H31N5.HI/c1-3-21-20(24-18-6-4-5-7-18)23-15-17-8-9-19(22-14-17)25-12-10-16(2)11-13-25;/h4-5,8-9,14,16,18H,3,6-7,10-13,15H2,1-2H3,(H2,21,23,24);1H. The van der Waals surface area contributed by atoms with E-state index in [-0.39, 0.29) is 24.0 Å². The summed E-state index contributed by atoms with van der Waals surface area (Å²) in [6, 6.07) is 4.77. The predicted molar refractivity (Wildman–Crippen MR) is 120 cm³/mol. The van der Waals surface area contributed by atoms with Gasteiger partial charge in [0.25, 0.3) is 0 Å². The predicted octanol–water partition coefficient (Wildman–Crippen LogP) is 3.71. The van der Waals surface area contributed by atoms with Crippen LogP contribution >= 0.6 is 24.0 Å². The molecule has 0 bridgehead atoms. The Kier molecular flexibility index (Phi) is 8.68. The fourth-order valence-electron chi connectivity index (χ4n) is 3.35. The van der Waals surface area contributed by atoms with Crippen LogP contribution in [0.25, 0.3) is 0 Å². The van der Waals surface area contributed by atoms with E-state index in [1.165, 1.54) is 12.8 Å². The van der Waals surface area contributed by atoms with Crippen molar-refractivity contribution in [2.45, 2.75) is 52.1 Å². The van der Waals surface area contributed by atoms with Crippen LogP contribution in [-0.4, -0.2) is 36.6 Å². The van der Waals surface area contributed by atoms with E-state index in [0.717, 1.165) is 55.7 Å². The van der Waals surface area contributed by atoms with Crippen molar-refractivity contribution in [1.82, 2.24) is 15.6 Å². The quantitative estimate of drug-likeness (QED) is 0.299. The molecule has 1 fully saturated rings. The molecule has 3 rings (SSSR count). The van der Waals surface area contributed by atoms with Gasteiger partial charge in [0.2, 0.25) is 0 Å². The first-order chi connectivity index (χ1) is 12.2. The average Bonchev–Trinajstić information content (AvgIpc) is 3.14. The van der Waals surface area contributed by atoms with Crippen LogP contribution in [0.5, 0.6) is 0 Å². The van der Waals surface area contributed by atoms with E-state index in [0.29, 0.717) is 12.6 Å². The number of aromatic nitrogens is 1. The number of halogens is 1. The number of hydrogen-bond acceptors (Lipinski definition) is 3. The minimum atomic E-state index is 0. The van der Waals surface area contributed by atoms with Gasteiger partial charge in [-0.3, -0.25) is 0 Å². The maximum Gasteiger partial charge on any atom is 0.191 e. The third-order valence-corrected chi connectivity index (χ3v) is 5.03. The molecular formula is C20H32IN5. The van der Waals surface area contributed by atoms with Gasteiger partial charge in [0.1, 0.15) is 5.82 Å². The molecule has 2 aliphatic rings. The highest BCUT2D eigenvalue weighted by Gasteiger charge is 2.16. The summed E-state index contributed by atoms with van der Waals surface area (Å²) < 4.78 is 0. The van der Waals surface area contributed by atoms with E-state index in [4.69, 9.17) is 4.99 Å². The smallest absolute Gasteiger partial charge is 0.191 e. The zero-order valence-electron chi connectivity index (χ0n) is 15.9. The first-order valence-electron chi connectivity index (χ1n) is 9.64. The summed E-state index contributed by atoms with van der Waals surface area (Å²) in [7, 11) is 0. The summed E-state index contributed by atoms with van der Waals surface area (Å²) in [5, 5.41) is 6.83. The summed E-state index contributed by atoms with van der Waals surface area (Å²) in [5.74, 6) is 2.84. The lowest BCUT2D eigenvalue weighted by molar-refractivity contribution is 0.436. The molecule has 1 aromatic heterocycles. The number of anilines is 1. The minimum absolute atomic E-state index is 0. The fourth-order valence-corrected chi connectivity index (χ4v) is 3.35. The molecule has 1 aromatic rings. The highest BCUT2D eigenvalue weighted by Crippen LogP contribution is 2.21. The lowest BCUT2D eigenvalue weighted by Gasteiger charge is -2.31. The molecule has 0 aromatic carbocycles. The van der Waals surface area contributed by atoms with Crippen molar-refractivity contribution in [3.8, 4) is 0 Å². The normalized spacial score (nSPS) is 18.7. The van der Waals surface area contributed by atoms with E-state index < -0.39 is 0 Å². The Balaban J connectivity index is 0.00000243. The van der Waals surface area contributed by atoms with Crippen LogP contribution in [0.2, 0.25) is 0 Å². The van der Waals surface area contributed by atoms with E-state index in [2.05, 4.69) is 58.6 Å². The molecule has 0 atom stereocenters. The molecule has 0 spiro atoms. The Morgan fingerprint density at radius 3 is 2.58 bits per heavy atom. The van der Waals surface area contributed by atoms with Gasteiger partial charge in [-0.1, -0.05) is 25.1 Å². The molecule has 1 saturated heterocycles. The molecule has 2 N–H and O–H groups in total. The van der Waals surface area contributed by atoms with Gasteiger partial charge < -0.3 is 15.5 Å². The number of rotatable bonds is 5. The topological polar surface area (TPSA) is 52.6 Å². The molecule has 0 amide bonds. The van der Waals surface area contributed by atoms with Gasteiger partial charge in [0.05, 0.1) is 6.54 Å². The number of pyridine rings is 1. The molecular weight excluding hydrogens is 437 g/mol. The number of nitrogens with one attached hydrogen (secondary N) is 2. The maximum absolute atomic E-state index is 4.71. The molecule has 6 heteroatoms. The highest BCUT2D eigenvalue weighted by atomic mass is 127. The summed E-state index contributed by atoms with van der Waals surface area (Å²) in [6.07, 6.45) is 11.1. The molecule has 1 aliphatic heterocycles. The number of aliphatic imine (C=N–C) groups is 1. The molecule has 1 aliphatic carbocycles. The summed E-state index contributed by atoms with van der Waals surface area (Å²) in [4.78, 5) is 11.8. The largest absolute Gasteiger partial charge is 0.357 e. The second-order valence-electron chi connectivity index (χ2n) is 7.17. The zero-order valence-corrected chi connectivity index (χ0v) is 18.3. The third-order valence-electron chi connectivity index (χ3n) is 5.03. The zero-order chi connectivity index (χ0) is 17.5. The van der Waals surface area contributed by atoms with E-state index >= 15 is 0 Å². The molecule has 5 nitrogen and oxygen atoms in total. The Morgan fingerprint density at radius 1 is 1.23 bits per heavy atom. The monoisotopic (exact) mass is 469 g/mol. The summed E-state index contributed by atoms with van der Waals surface area (Å²) >= 11 is 0. The second-order valence-corrected chi connectivity index (χ2v) is 7.17. The van der Waals surface area contributed by atoms with Crippen LogP contribution in [0.1, 0.15) is 45.1 Å². The van der Waals surface area contributed by atoms with Gasteiger partial charge in [0.15, 0.2) is 5.96 Å². The Morgan fingerprint density at radius 2 is 1.96 bits per heavy atom. The van der Waals surface area contributed by atoms with Crippen molar-refractivity contribution >= 4 is 35.8 Å². The maximum atomic E-state index is 4.71. The van der Waals surface area contributed by atoms with Gasteiger partial charge >= 0.3 is 0 Å². The van der Waals surface area contributed by atoms with Crippen LogP contribution in [0.4, 0.5) is 5.82 Å². The molecule has 144 valence electrons. The van der Waals surface area contributed by atoms with Crippen molar-refractivity contribution in [3.63, 3.8) is 0 Å². The SMILES string of the molecule is CCNC(=NCc1ccc(N2CCC(C)CC2)nc1)NC1CC=CC1.I. The summed E-state index contributed by atoms with van der Waals surface area (Å²) in [6.45, 7) is 8.20. The fraction of sp³-hybridized carbons (Fsp3) is 0.600. The Hall–Kier alpha value is -1.31. The van der Waals surface area contributed by atoms with Gasteiger partial charge in [0, 0.05) is 31.9 Å². The van der Waals surface area contributed by atoms with Crippen LogP contribution in [0, 0.1) is 5.92 Å². The van der Waals surface area contributed by atoms with Crippen LogP contribution in [0.3, 0.4) is 0 Å². The van der Waals surface area contributed by atoms with Gasteiger partial charge in [-0.25, -0.2) is 9.98 Å². The summed E-state index contributed by atoms with van der Waals surface area (Å²) in [5.41, 5.74) is 1.15. The van der Waals surface area contributed by atoms with Gasteiger partial charge in [-0.2, -0.15) is 0 Å². The van der Waals surface area contributed by atoms with Crippen LogP contribution < -0.4 is 15.5 Å². The Bertz CT molecular complexity index is 583. The third kappa shape index (κ3) is 6.14. The van der Waals surface area contributed by atoms with Crippen LogP contribution in [-0.2, 0) is 6.54 Å². The van der Waals surface area contributed by atoms with Crippen molar-refractivity contribution < 1.29 is 0 Å². The number of piperidine rings is 1. The van der Waals surface area contributed by atoms with Crippen molar-refractivity contribution in [2.75, 3.05) is 24.5 Å². The lowest BCUT2D eigenvalue weighted by Crippen LogP contribution is -2.42. The molecule has 0 radical (unpaired) electrons. The minimum Gasteiger partial charge on any atom is -0.357 e. The molecule has 0 unspecified atom stereocenters. The highest BCUT2D eigenvalue weighted by molar-refractivity contribution is 14.0. The van der Waals surface area contributed by atoms with Crippen LogP contribution in [0.15, 0.2) is 35.5 Å². The molecule has 26 heavy (non-hydrogen) atoms. The lowest BCUT2D eigenvalue weighted by atomic mass is 9.99. The molecule has 2 heterocycles. The first-order valence-corrected chi connectivity index (χ1v) is 9.64. The van der Waals surface area contributed by atoms with Gasteiger partial charge in [-0.05, 0) is 50.2 Å². The van der Waals surface area contributed by atoms with Gasteiger partial charge in [-0.15, -0.1) is 24.0 Å². The van der Waals surface area contributed by atoms with Crippen molar-refractivity contribution in [3.05, 3.63) is 36.0 Å². The van der Waals surface area contributed by atoms with E-state index in [9.17, 15) is 0 Å². The van der Waals surface area contributed by atoms with E-state index in [1.807, 2.05) is 6.20 Å². The van der Waals surface area contributed by atoms with Crippen molar-refractivity contribution in [2.24, 2.45) is 10.9 Å². The second kappa shape index (κ2) is 10.7. The van der Waals surface area contributed by atoms with E-state index in [1.54, 1.807) is 0 Å².